The van der Waals surface area contributed by atoms with Crippen LogP contribution in [0, 0.1) is 0 Å². The van der Waals surface area contributed by atoms with Gasteiger partial charge in [-0.3, -0.25) is 14.4 Å². The smallest absolute Gasteiger partial charge is 0.310 e. The van der Waals surface area contributed by atoms with Crippen LogP contribution in [0.1, 0.15) is 278 Å². The number of esters is 3. The summed E-state index contributed by atoms with van der Waals surface area (Å²) in [6.45, 7) is 6.31. The van der Waals surface area contributed by atoms with Crippen molar-refractivity contribution in [2.45, 2.75) is 284 Å². The number of carbonyl (C=O) groups is 3. The maximum atomic E-state index is 12.8. The van der Waals surface area contributed by atoms with E-state index in [0.717, 1.165) is 109 Å². The van der Waals surface area contributed by atoms with Crippen molar-refractivity contribution in [2.75, 3.05) is 13.2 Å². The van der Waals surface area contributed by atoms with Crippen LogP contribution in [0.2, 0.25) is 0 Å². The maximum Gasteiger partial charge on any atom is 0.310 e. The van der Waals surface area contributed by atoms with Crippen LogP contribution in [0.25, 0.3) is 0 Å². The molecule has 426 valence electrons. The fraction of sp³-hybridized carbons (Fsp3) is 0.667. The van der Waals surface area contributed by atoms with E-state index in [1.165, 1.54) is 122 Å². The molecule has 0 aliphatic carbocycles. The highest BCUT2D eigenvalue weighted by Gasteiger charge is 2.19. The van der Waals surface area contributed by atoms with Crippen LogP contribution in [0.3, 0.4) is 0 Å². The topological polar surface area (TPSA) is 78.9 Å². The minimum atomic E-state index is -0.843. The monoisotopic (exact) mass is 1040 g/mol. The lowest BCUT2D eigenvalue weighted by Gasteiger charge is -2.18. The molecule has 0 fully saturated rings. The van der Waals surface area contributed by atoms with Gasteiger partial charge in [-0.05, 0) is 109 Å². The molecule has 0 aliphatic rings. The minimum absolute atomic E-state index is 0.0898. The van der Waals surface area contributed by atoms with Crippen LogP contribution in [0.5, 0.6) is 0 Å². The van der Waals surface area contributed by atoms with Gasteiger partial charge >= 0.3 is 17.9 Å². The molecule has 1 unspecified atom stereocenters. The zero-order chi connectivity index (χ0) is 54.3. The fourth-order valence-electron chi connectivity index (χ4n) is 8.39. The first-order valence-corrected chi connectivity index (χ1v) is 31.0. The lowest BCUT2D eigenvalue weighted by molar-refractivity contribution is -0.166. The van der Waals surface area contributed by atoms with E-state index < -0.39 is 12.1 Å². The molecular formula is C69H114O6. The highest BCUT2D eigenvalue weighted by atomic mass is 16.6. The molecule has 0 heterocycles. The van der Waals surface area contributed by atoms with Gasteiger partial charge in [0.25, 0.3) is 0 Å². The van der Waals surface area contributed by atoms with E-state index in [0.29, 0.717) is 19.3 Å². The molecule has 0 bridgehead atoms. The van der Waals surface area contributed by atoms with Crippen LogP contribution in [0.4, 0.5) is 0 Å². The van der Waals surface area contributed by atoms with Crippen molar-refractivity contribution in [1.82, 2.24) is 0 Å². The number of carbonyl (C=O) groups excluding carboxylic acids is 3. The molecule has 0 saturated carbocycles. The quantitative estimate of drug-likeness (QED) is 0.0261. The zero-order valence-electron chi connectivity index (χ0n) is 48.8. The van der Waals surface area contributed by atoms with Gasteiger partial charge in [0.2, 0.25) is 0 Å². The predicted octanol–water partition coefficient (Wildman–Crippen LogP) is 21.2. The molecule has 0 N–H and O–H groups in total. The van der Waals surface area contributed by atoms with Gasteiger partial charge < -0.3 is 14.2 Å². The Hall–Kier alpha value is -4.19. The lowest BCUT2D eigenvalue weighted by atomic mass is 10.0. The average Bonchev–Trinajstić information content (AvgIpc) is 3.41. The summed E-state index contributed by atoms with van der Waals surface area (Å²) >= 11 is 0. The molecule has 0 aromatic carbocycles. The normalized spacial score (nSPS) is 12.9. The standard InChI is InChI=1S/C69H114O6/c1-4-7-10-13-16-19-22-25-28-29-30-31-32-33-34-35-36-37-38-39-42-44-47-50-53-56-59-62-68(71)74-65-66(75-69(72)63-60-57-54-51-48-45-41-27-24-21-18-15-12-9-6-3)64-73-67(70)61-58-55-52-49-46-43-40-26-23-20-17-14-11-8-5-2/h8-9,11-12,17-18,20-22,25-27,29-30,40-41,48,51,57,60,66H,4-7,10,13-16,19,23-24,28,31-39,42-47,49-50,52-56,58-59,61-65H2,1-3H3/b11-8-,12-9-,20-17-,21-18-,25-22-,30-29-,40-26-,41-27-,51-48-,60-57-. The van der Waals surface area contributed by atoms with Crippen LogP contribution >= 0.6 is 0 Å². The Labute approximate surface area is 462 Å². The Morgan fingerprint density at radius 1 is 0.293 bits per heavy atom. The molecule has 0 radical (unpaired) electrons. The van der Waals surface area contributed by atoms with Crippen LogP contribution < -0.4 is 0 Å². The molecule has 0 aromatic rings. The molecule has 0 spiro atoms. The molecule has 75 heavy (non-hydrogen) atoms. The summed E-state index contributed by atoms with van der Waals surface area (Å²) in [5, 5.41) is 0. The predicted molar refractivity (Wildman–Crippen MR) is 325 cm³/mol. The third-order valence-electron chi connectivity index (χ3n) is 13.0. The molecule has 0 rings (SSSR count). The Bertz CT molecular complexity index is 1570. The number of unbranched alkanes of at least 4 members (excludes halogenated alkanes) is 25. The molecule has 6 heteroatoms. The zero-order valence-corrected chi connectivity index (χ0v) is 48.8. The SMILES string of the molecule is CC/C=C\C/C=C\C/C=C\C/C=C\C/C=C\CC(=O)OC(COC(=O)CCCCCCC/C=C\C/C=C\C/C=C\CC)COC(=O)CCCCCCCCCCCCCCCCC/C=C\C/C=C\CCCCCCC. The Morgan fingerprint density at radius 3 is 0.880 bits per heavy atom. The Kier molecular flexibility index (Phi) is 58.9. The number of hydrogen-bond acceptors (Lipinski definition) is 6. The highest BCUT2D eigenvalue weighted by Crippen LogP contribution is 2.16. The summed E-state index contributed by atoms with van der Waals surface area (Å²) in [7, 11) is 0. The van der Waals surface area contributed by atoms with Crippen molar-refractivity contribution in [3.05, 3.63) is 122 Å². The van der Waals surface area contributed by atoms with E-state index in [1.807, 2.05) is 6.08 Å². The van der Waals surface area contributed by atoms with Gasteiger partial charge in [-0.15, -0.1) is 0 Å². The number of rotatable bonds is 55. The van der Waals surface area contributed by atoms with Crippen molar-refractivity contribution in [3.63, 3.8) is 0 Å². The van der Waals surface area contributed by atoms with Crippen LogP contribution in [0.15, 0.2) is 122 Å². The maximum absolute atomic E-state index is 12.8. The minimum Gasteiger partial charge on any atom is -0.462 e. The summed E-state index contributed by atoms with van der Waals surface area (Å²) in [5.41, 5.74) is 0. The van der Waals surface area contributed by atoms with E-state index >= 15 is 0 Å². The summed E-state index contributed by atoms with van der Waals surface area (Å²) in [6, 6.07) is 0. The fourth-order valence-corrected chi connectivity index (χ4v) is 8.39. The first-order valence-electron chi connectivity index (χ1n) is 31.0. The summed E-state index contributed by atoms with van der Waals surface area (Å²) in [4.78, 5) is 38.2. The molecule has 0 amide bonds. The van der Waals surface area contributed by atoms with Crippen molar-refractivity contribution < 1.29 is 28.6 Å². The number of ether oxygens (including phenoxy) is 3. The molecule has 0 aromatic heterocycles. The Balaban J connectivity index is 4.36. The third kappa shape index (κ3) is 60.6. The first kappa shape index (κ1) is 70.8. The second-order valence-corrected chi connectivity index (χ2v) is 20.2. The van der Waals surface area contributed by atoms with Gasteiger partial charge in [-0.1, -0.05) is 271 Å². The first-order chi connectivity index (χ1) is 37.0. The molecule has 0 saturated heterocycles. The van der Waals surface area contributed by atoms with Gasteiger partial charge in [0.1, 0.15) is 13.2 Å². The molecule has 0 aliphatic heterocycles. The van der Waals surface area contributed by atoms with Crippen LogP contribution in [-0.2, 0) is 28.6 Å². The number of allylic oxidation sites excluding steroid dienone is 19. The molecular weight excluding hydrogens is 925 g/mol. The van der Waals surface area contributed by atoms with Crippen molar-refractivity contribution in [2.24, 2.45) is 0 Å². The second kappa shape index (κ2) is 62.4. The van der Waals surface area contributed by atoms with Crippen molar-refractivity contribution in [1.29, 1.82) is 0 Å². The van der Waals surface area contributed by atoms with Crippen molar-refractivity contribution in [3.8, 4) is 0 Å². The summed E-state index contributed by atoms with van der Waals surface area (Å²) in [6.07, 6.45) is 86.7. The van der Waals surface area contributed by atoms with Gasteiger partial charge in [-0.25, -0.2) is 0 Å². The van der Waals surface area contributed by atoms with Crippen LogP contribution in [-0.4, -0.2) is 37.2 Å². The van der Waals surface area contributed by atoms with E-state index in [9.17, 15) is 14.4 Å². The molecule has 1 atom stereocenters. The van der Waals surface area contributed by atoms with Gasteiger partial charge in [0.05, 0.1) is 6.42 Å². The molecule has 6 nitrogen and oxygen atoms in total. The van der Waals surface area contributed by atoms with E-state index in [4.69, 9.17) is 14.2 Å². The van der Waals surface area contributed by atoms with E-state index in [2.05, 4.69) is 130 Å². The highest BCUT2D eigenvalue weighted by molar-refractivity contribution is 5.72. The van der Waals surface area contributed by atoms with E-state index in [1.54, 1.807) is 6.08 Å². The largest absolute Gasteiger partial charge is 0.462 e. The van der Waals surface area contributed by atoms with Crippen molar-refractivity contribution >= 4 is 17.9 Å². The van der Waals surface area contributed by atoms with Gasteiger partial charge in [0.15, 0.2) is 6.10 Å². The second-order valence-electron chi connectivity index (χ2n) is 20.2. The van der Waals surface area contributed by atoms with E-state index in [-0.39, 0.29) is 31.6 Å². The number of hydrogen-bond donors (Lipinski definition) is 0. The average molecular weight is 1040 g/mol. The summed E-state index contributed by atoms with van der Waals surface area (Å²) < 4.78 is 16.8. The van der Waals surface area contributed by atoms with Gasteiger partial charge in [0, 0.05) is 12.8 Å². The Morgan fingerprint density at radius 2 is 0.560 bits per heavy atom. The van der Waals surface area contributed by atoms with Gasteiger partial charge in [-0.2, -0.15) is 0 Å². The summed E-state index contributed by atoms with van der Waals surface area (Å²) in [5.74, 6) is -1.07. The third-order valence-corrected chi connectivity index (χ3v) is 13.0. The lowest BCUT2D eigenvalue weighted by Crippen LogP contribution is -2.30.